The second-order valence-corrected chi connectivity index (χ2v) is 5.50. The lowest BCUT2D eigenvalue weighted by Crippen LogP contribution is -1.96. The van der Waals surface area contributed by atoms with Gasteiger partial charge < -0.3 is 4.74 Å². The molecule has 0 aromatic heterocycles. The summed E-state index contributed by atoms with van der Waals surface area (Å²) in [5.41, 5.74) is 1.77. The van der Waals surface area contributed by atoms with Crippen molar-refractivity contribution in [1.29, 1.82) is 0 Å². The van der Waals surface area contributed by atoms with Gasteiger partial charge in [-0.25, -0.2) is 0 Å². The molecule has 0 heterocycles. The number of hydrogen-bond acceptors (Lipinski definition) is 1. The van der Waals surface area contributed by atoms with Gasteiger partial charge in [0, 0.05) is 20.9 Å². The Morgan fingerprint density at radius 2 is 1.58 bits per heavy atom. The Labute approximate surface area is 132 Å². The van der Waals surface area contributed by atoms with E-state index in [9.17, 15) is 0 Å². The SMILES string of the molecule is ClCc1ccc(OCc2cc(Cl)cc(Cl)c2)cc1Cl. The molecule has 0 saturated heterocycles. The average Bonchev–Trinajstić information content (AvgIpc) is 2.35. The highest BCUT2D eigenvalue weighted by Crippen LogP contribution is 2.25. The number of ether oxygens (including phenoxy) is 1. The zero-order chi connectivity index (χ0) is 13.8. The van der Waals surface area contributed by atoms with Crippen LogP contribution in [0.5, 0.6) is 5.75 Å². The molecular weight excluding hydrogens is 326 g/mol. The van der Waals surface area contributed by atoms with E-state index in [4.69, 9.17) is 51.1 Å². The third-order valence-electron chi connectivity index (χ3n) is 2.50. The van der Waals surface area contributed by atoms with Crippen LogP contribution in [0, 0.1) is 0 Å². The minimum absolute atomic E-state index is 0.372. The molecular formula is C14H10Cl4O. The van der Waals surface area contributed by atoms with Gasteiger partial charge in [0.05, 0.1) is 0 Å². The summed E-state index contributed by atoms with van der Waals surface area (Å²) in [4.78, 5) is 0. The lowest BCUT2D eigenvalue weighted by atomic mass is 10.2. The first-order chi connectivity index (χ1) is 9.08. The minimum Gasteiger partial charge on any atom is -0.489 e. The summed E-state index contributed by atoms with van der Waals surface area (Å²) in [6.45, 7) is 0.372. The van der Waals surface area contributed by atoms with Gasteiger partial charge in [-0.15, -0.1) is 11.6 Å². The molecule has 0 aliphatic carbocycles. The molecule has 19 heavy (non-hydrogen) atoms. The summed E-state index contributed by atoms with van der Waals surface area (Å²) in [7, 11) is 0. The van der Waals surface area contributed by atoms with Crippen molar-refractivity contribution >= 4 is 46.4 Å². The molecule has 2 aromatic rings. The molecule has 0 radical (unpaired) electrons. The second kappa shape index (κ2) is 6.71. The van der Waals surface area contributed by atoms with Crippen LogP contribution in [0.15, 0.2) is 36.4 Å². The van der Waals surface area contributed by atoms with Gasteiger partial charge in [0.1, 0.15) is 12.4 Å². The predicted molar refractivity (Wildman–Crippen MR) is 81.8 cm³/mol. The van der Waals surface area contributed by atoms with Gasteiger partial charge in [-0.05, 0) is 41.5 Å². The van der Waals surface area contributed by atoms with Crippen LogP contribution in [0.2, 0.25) is 15.1 Å². The molecule has 2 rings (SSSR count). The van der Waals surface area contributed by atoms with E-state index < -0.39 is 0 Å². The van der Waals surface area contributed by atoms with Gasteiger partial charge in [-0.2, -0.15) is 0 Å². The highest BCUT2D eigenvalue weighted by atomic mass is 35.5. The summed E-state index contributed by atoms with van der Waals surface area (Å²) in [5, 5.41) is 1.76. The van der Waals surface area contributed by atoms with Crippen molar-refractivity contribution in [2.45, 2.75) is 12.5 Å². The average molecular weight is 336 g/mol. The van der Waals surface area contributed by atoms with Crippen molar-refractivity contribution in [3.05, 3.63) is 62.6 Å². The number of rotatable bonds is 4. The zero-order valence-corrected chi connectivity index (χ0v) is 12.8. The smallest absolute Gasteiger partial charge is 0.121 e. The standard InChI is InChI=1S/C14H10Cl4O/c15-7-10-1-2-13(6-14(10)18)19-8-9-3-11(16)5-12(17)4-9/h1-6H,7-8H2. The van der Waals surface area contributed by atoms with Gasteiger partial charge in [0.15, 0.2) is 0 Å². The first-order valence-electron chi connectivity index (χ1n) is 5.50. The summed E-state index contributed by atoms with van der Waals surface area (Å²) in [6.07, 6.45) is 0. The molecule has 0 atom stereocenters. The van der Waals surface area contributed by atoms with Gasteiger partial charge in [0.25, 0.3) is 0 Å². The molecule has 0 fully saturated rings. The molecule has 0 unspecified atom stereocenters. The predicted octanol–water partition coefficient (Wildman–Crippen LogP) is 5.96. The molecule has 0 aliphatic rings. The molecule has 2 aromatic carbocycles. The fraction of sp³-hybridized carbons (Fsp3) is 0.143. The summed E-state index contributed by atoms with van der Waals surface area (Å²) < 4.78 is 5.64. The van der Waals surface area contributed by atoms with Crippen LogP contribution < -0.4 is 4.74 Å². The molecule has 0 aliphatic heterocycles. The van der Waals surface area contributed by atoms with E-state index in [1.807, 2.05) is 24.3 Å². The van der Waals surface area contributed by atoms with Crippen molar-refractivity contribution in [2.75, 3.05) is 0 Å². The maximum atomic E-state index is 6.06. The van der Waals surface area contributed by atoms with Gasteiger partial charge >= 0.3 is 0 Å². The molecule has 0 spiro atoms. The van der Waals surface area contributed by atoms with Crippen LogP contribution in [0.3, 0.4) is 0 Å². The monoisotopic (exact) mass is 334 g/mol. The Morgan fingerprint density at radius 1 is 0.895 bits per heavy atom. The van der Waals surface area contributed by atoms with E-state index in [0.717, 1.165) is 11.1 Å². The fourth-order valence-corrected chi connectivity index (χ4v) is 2.70. The molecule has 100 valence electrons. The van der Waals surface area contributed by atoms with E-state index in [1.165, 1.54) is 0 Å². The van der Waals surface area contributed by atoms with Crippen LogP contribution in [0.1, 0.15) is 11.1 Å². The Hall–Kier alpha value is -0.600. The van der Waals surface area contributed by atoms with Crippen molar-refractivity contribution in [1.82, 2.24) is 0 Å². The lowest BCUT2D eigenvalue weighted by molar-refractivity contribution is 0.306. The van der Waals surface area contributed by atoms with Gasteiger partial charge in [-0.1, -0.05) is 40.9 Å². The van der Waals surface area contributed by atoms with Gasteiger partial charge in [-0.3, -0.25) is 0 Å². The number of hydrogen-bond donors (Lipinski definition) is 0. The third kappa shape index (κ3) is 4.19. The van der Waals surface area contributed by atoms with Crippen LogP contribution >= 0.6 is 46.4 Å². The van der Waals surface area contributed by atoms with Crippen LogP contribution in [0.25, 0.3) is 0 Å². The summed E-state index contributed by atoms with van der Waals surface area (Å²) in [6, 6.07) is 10.7. The second-order valence-electron chi connectivity index (χ2n) is 3.95. The van der Waals surface area contributed by atoms with E-state index in [-0.39, 0.29) is 0 Å². The summed E-state index contributed by atoms with van der Waals surface area (Å²) >= 11 is 23.6. The van der Waals surface area contributed by atoms with E-state index in [1.54, 1.807) is 12.1 Å². The van der Waals surface area contributed by atoms with Gasteiger partial charge in [0.2, 0.25) is 0 Å². The largest absolute Gasteiger partial charge is 0.489 e. The van der Waals surface area contributed by atoms with Crippen molar-refractivity contribution in [3.8, 4) is 5.75 Å². The Kier molecular flexibility index (Phi) is 5.23. The van der Waals surface area contributed by atoms with Crippen molar-refractivity contribution in [2.24, 2.45) is 0 Å². The Morgan fingerprint density at radius 3 is 2.16 bits per heavy atom. The minimum atomic E-state index is 0.372. The molecule has 0 bridgehead atoms. The zero-order valence-electron chi connectivity index (χ0n) is 9.80. The van der Waals surface area contributed by atoms with E-state index in [2.05, 4.69) is 0 Å². The highest BCUT2D eigenvalue weighted by Gasteiger charge is 2.03. The van der Waals surface area contributed by atoms with E-state index >= 15 is 0 Å². The Balaban J connectivity index is 2.08. The molecule has 5 heteroatoms. The van der Waals surface area contributed by atoms with E-state index in [0.29, 0.717) is 33.3 Å². The van der Waals surface area contributed by atoms with Crippen LogP contribution in [0.4, 0.5) is 0 Å². The topological polar surface area (TPSA) is 9.23 Å². The molecule has 0 saturated carbocycles. The summed E-state index contributed by atoms with van der Waals surface area (Å²) in [5.74, 6) is 1.05. The number of benzene rings is 2. The fourth-order valence-electron chi connectivity index (χ4n) is 1.59. The molecule has 0 amide bonds. The first kappa shape index (κ1) is 14.8. The van der Waals surface area contributed by atoms with Crippen LogP contribution in [-0.2, 0) is 12.5 Å². The quantitative estimate of drug-likeness (QED) is 0.626. The first-order valence-corrected chi connectivity index (χ1v) is 7.17. The normalized spacial score (nSPS) is 10.5. The lowest BCUT2D eigenvalue weighted by Gasteiger charge is -2.09. The maximum absolute atomic E-state index is 6.06. The number of halogens is 4. The van der Waals surface area contributed by atoms with Crippen LogP contribution in [-0.4, -0.2) is 0 Å². The Bertz CT molecular complexity index is 563. The number of alkyl halides is 1. The van der Waals surface area contributed by atoms with Crippen molar-refractivity contribution < 1.29 is 4.74 Å². The molecule has 0 N–H and O–H groups in total. The third-order valence-corrected chi connectivity index (χ3v) is 3.57. The maximum Gasteiger partial charge on any atom is 0.121 e. The van der Waals surface area contributed by atoms with Crippen molar-refractivity contribution in [3.63, 3.8) is 0 Å². The molecule has 1 nitrogen and oxygen atoms in total. The highest BCUT2D eigenvalue weighted by molar-refractivity contribution is 6.34.